The summed E-state index contributed by atoms with van der Waals surface area (Å²) in [7, 11) is 2.03. The topological polar surface area (TPSA) is 69.7 Å². The molecule has 35 heavy (non-hydrogen) atoms. The van der Waals surface area contributed by atoms with Crippen molar-refractivity contribution >= 4 is 34.7 Å². The lowest BCUT2D eigenvalue weighted by molar-refractivity contribution is -0.138. The van der Waals surface area contributed by atoms with Crippen LogP contribution in [-0.4, -0.2) is 60.7 Å². The maximum atomic E-state index is 13.6. The Labute approximate surface area is 208 Å². The first-order valence-corrected chi connectivity index (χ1v) is 11.9. The molecule has 1 aliphatic rings. The van der Waals surface area contributed by atoms with Crippen LogP contribution >= 0.6 is 12.2 Å². The zero-order valence-electron chi connectivity index (χ0n) is 19.8. The van der Waals surface area contributed by atoms with Gasteiger partial charge in [-0.05, 0) is 56.0 Å². The summed E-state index contributed by atoms with van der Waals surface area (Å²) in [6.07, 6.45) is -0.491. The molecular formula is C24H30F3N5O2S. The van der Waals surface area contributed by atoms with Gasteiger partial charge in [-0.15, -0.1) is 0 Å². The van der Waals surface area contributed by atoms with Gasteiger partial charge in [0, 0.05) is 38.1 Å². The standard InChI is InChI=1S/C24H30F3N5O2S/c1-3-4-5-15-34-20-9-8-17(16-19(20)24(25,26)27)29-23(35)30-22(33)18-7-6-10-28-21(18)32-13-11-31(2)12-14-32/h6-10,16H,3-5,11-15H2,1-2H3,(H2,29,30,33,35). The molecule has 0 radical (unpaired) electrons. The zero-order chi connectivity index (χ0) is 25.4. The van der Waals surface area contributed by atoms with Crippen molar-refractivity contribution in [2.24, 2.45) is 0 Å². The van der Waals surface area contributed by atoms with Gasteiger partial charge in [0.2, 0.25) is 0 Å². The highest BCUT2D eigenvalue weighted by Gasteiger charge is 2.35. The molecular weight excluding hydrogens is 479 g/mol. The van der Waals surface area contributed by atoms with Crippen molar-refractivity contribution in [3.63, 3.8) is 0 Å². The van der Waals surface area contributed by atoms with Gasteiger partial charge in [-0.3, -0.25) is 10.1 Å². The first kappa shape index (κ1) is 26.7. The first-order valence-electron chi connectivity index (χ1n) is 11.5. The van der Waals surface area contributed by atoms with Gasteiger partial charge < -0.3 is 19.9 Å². The van der Waals surface area contributed by atoms with Crippen molar-refractivity contribution in [1.82, 2.24) is 15.2 Å². The molecule has 2 N–H and O–H groups in total. The third-order valence-electron chi connectivity index (χ3n) is 5.61. The van der Waals surface area contributed by atoms with Gasteiger partial charge in [0.05, 0.1) is 17.7 Å². The molecule has 1 saturated heterocycles. The Morgan fingerprint density at radius 3 is 2.60 bits per heavy atom. The van der Waals surface area contributed by atoms with Crippen LogP contribution in [0.1, 0.15) is 42.1 Å². The molecule has 1 amide bonds. The molecule has 0 saturated carbocycles. The minimum Gasteiger partial charge on any atom is -0.493 e. The number of carbonyl (C=O) groups is 1. The second kappa shape index (κ2) is 12.2. The number of pyridine rings is 1. The van der Waals surface area contributed by atoms with Gasteiger partial charge in [-0.1, -0.05) is 19.8 Å². The second-order valence-electron chi connectivity index (χ2n) is 8.34. The van der Waals surface area contributed by atoms with Crippen molar-refractivity contribution < 1.29 is 22.7 Å². The fourth-order valence-electron chi connectivity index (χ4n) is 3.67. The van der Waals surface area contributed by atoms with Crippen LogP contribution < -0.4 is 20.3 Å². The van der Waals surface area contributed by atoms with E-state index in [-0.39, 0.29) is 23.2 Å². The molecule has 1 aromatic carbocycles. The normalized spacial score (nSPS) is 14.5. The number of likely N-dealkylation sites (N-methyl/N-ethyl adjacent to an activating group) is 1. The lowest BCUT2D eigenvalue weighted by Crippen LogP contribution is -2.45. The van der Waals surface area contributed by atoms with Crippen molar-refractivity contribution in [2.75, 3.05) is 50.1 Å². The number of piperazine rings is 1. The number of ether oxygens (including phenoxy) is 1. The van der Waals surface area contributed by atoms with E-state index in [1.807, 2.05) is 18.9 Å². The van der Waals surface area contributed by atoms with E-state index in [1.165, 1.54) is 12.1 Å². The number of nitrogens with zero attached hydrogens (tertiary/aromatic N) is 3. The monoisotopic (exact) mass is 509 g/mol. The highest BCUT2D eigenvalue weighted by atomic mass is 32.1. The lowest BCUT2D eigenvalue weighted by Gasteiger charge is -2.34. The number of aromatic nitrogens is 1. The van der Waals surface area contributed by atoms with Crippen LogP contribution in [0.25, 0.3) is 0 Å². The van der Waals surface area contributed by atoms with Crippen molar-refractivity contribution in [2.45, 2.75) is 32.4 Å². The first-order chi connectivity index (χ1) is 16.7. The van der Waals surface area contributed by atoms with E-state index in [0.717, 1.165) is 45.1 Å². The molecule has 3 rings (SSSR count). The number of unbranched alkanes of at least 4 members (excludes halogenated alkanes) is 2. The van der Waals surface area contributed by atoms with Gasteiger partial charge >= 0.3 is 6.18 Å². The molecule has 1 aromatic heterocycles. The third-order valence-corrected chi connectivity index (χ3v) is 5.81. The van der Waals surface area contributed by atoms with Crippen LogP contribution in [-0.2, 0) is 6.18 Å². The van der Waals surface area contributed by atoms with Gasteiger partial charge in [0.25, 0.3) is 5.91 Å². The summed E-state index contributed by atoms with van der Waals surface area (Å²) >= 11 is 5.20. The maximum absolute atomic E-state index is 13.6. The number of rotatable bonds is 8. The van der Waals surface area contributed by atoms with Gasteiger partial charge in [-0.2, -0.15) is 13.2 Å². The van der Waals surface area contributed by atoms with E-state index in [2.05, 4.69) is 20.5 Å². The van der Waals surface area contributed by atoms with Crippen molar-refractivity contribution in [3.8, 4) is 5.75 Å². The Morgan fingerprint density at radius 1 is 1.17 bits per heavy atom. The molecule has 1 aliphatic heterocycles. The highest BCUT2D eigenvalue weighted by Crippen LogP contribution is 2.38. The van der Waals surface area contributed by atoms with Gasteiger partial charge in [-0.25, -0.2) is 4.98 Å². The van der Waals surface area contributed by atoms with Crippen LogP contribution in [0.2, 0.25) is 0 Å². The predicted molar refractivity (Wildman–Crippen MR) is 134 cm³/mol. The third kappa shape index (κ3) is 7.53. The zero-order valence-corrected chi connectivity index (χ0v) is 20.6. The van der Waals surface area contributed by atoms with E-state index < -0.39 is 17.6 Å². The Bertz CT molecular complexity index is 1030. The molecule has 0 unspecified atom stereocenters. The number of amides is 1. The summed E-state index contributed by atoms with van der Waals surface area (Å²) in [4.78, 5) is 21.5. The summed E-state index contributed by atoms with van der Waals surface area (Å²) in [5.74, 6) is -0.178. The van der Waals surface area contributed by atoms with Crippen molar-refractivity contribution in [1.29, 1.82) is 0 Å². The lowest BCUT2D eigenvalue weighted by atomic mass is 10.1. The largest absolute Gasteiger partial charge is 0.493 e. The Hall–Kier alpha value is -2.92. The van der Waals surface area contributed by atoms with Crippen LogP contribution in [0.5, 0.6) is 5.75 Å². The average molecular weight is 510 g/mol. The number of hydrogen-bond donors (Lipinski definition) is 2. The summed E-state index contributed by atoms with van der Waals surface area (Å²) in [5, 5.41) is 5.10. The van der Waals surface area contributed by atoms with E-state index in [1.54, 1.807) is 18.3 Å². The van der Waals surface area contributed by atoms with Gasteiger partial charge in [0.15, 0.2) is 5.11 Å². The Kier molecular flexibility index (Phi) is 9.27. The van der Waals surface area contributed by atoms with Crippen LogP contribution in [0.15, 0.2) is 36.5 Å². The molecule has 0 spiro atoms. The van der Waals surface area contributed by atoms with Crippen LogP contribution in [0.3, 0.4) is 0 Å². The highest BCUT2D eigenvalue weighted by molar-refractivity contribution is 7.80. The molecule has 2 aromatic rings. The molecule has 0 bridgehead atoms. The summed E-state index contributed by atoms with van der Waals surface area (Å²) in [6, 6.07) is 6.91. The summed E-state index contributed by atoms with van der Waals surface area (Å²) in [6.45, 7) is 5.35. The average Bonchev–Trinajstić information content (AvgIpc) is 2.82. The SMILES string of the molecule is CCCCCOc1ccc(NC(=S)NC(=O)c2cccnc2N2CCN(C)CC2)cc1C(F)(F)F. The van der Waals surface area contributed by atoms with Gasteiger partial charge in [0.1, 0.15) is 11.6 Å². The summed E-state index contributed by atoms with van der Waals surface area (Å²) < 4.78 is 46.1. The fourth-order valence-corrected chi connectivity index (χ4v) is 3.88. The minimum atomic E-state index is -4.60. The maximum Gasteiger partial charge on any atom is 0.420 e. The number of thiocarbonyl (C=S) groups is 1. The van der Waals surface area contributed by atoms with Crippen LogP contribution in [0.4, 0.5) is 24.7 Å². The summed E-state index contributed by atoms with van der Waals surface area (Å²) in [5.41, 5.74) is -0.472. The number of carbonyl (C=O) groups excluding carboxylic acids is 1. The van der Waals surface area contributed by atoms with E-state index in [0.29, 0.717) is 17.8 Å². The number of hydrogen-bond acceptors (Lipinski definition) is 6. The fraction of sp³-hybridized carbons (Fsp3) is 0.458. The molecule has 0 atom stereocenters. The second-order valence-corrected chi connectivity index (χ2v) is 8.75. The number of halogens is 3. The number of nitrogens with one attached hydrogen (secondary N) is 2. The predicted octanol–water partition coefficient (Wildman–Crippen LogP) is 4.55. The Morgan fingerprint density at radius 2 is 1.91 bits per heavy atom. The van der Waals surface area contributed by atoms with E-state index in [4.69, 9.17) is 17.0 Å². The quantitative estimate of drug-likeness (QED) is 0.400. The molecule has 0 aliphatic carbocycles. The molecule has 1 fully saturated rings. The van der Waals surface area contributed by atoms with E-state index >= 15 is 0 Å². The Balaban J connectivity index is 1.68. The van der Waals surface area contributed by atoms with Crippen LogP contribution in [0, 0.1) is 0 Å². The molecule has 190 valence electrons. The smallest absolute Gasteiger partial charge is 0.420 e. The number of alkyl halides is 3. The molecule has 7 nitrogen and oxygen atoms in total. The van der Waals surface area contributed by atoms with E-state index in [9.17, 15) is 18.0 Å². The van der Waals surface area contributed by atoms with Crippen molar-refractivity contribution in [3.05, 3.63) is 47.7 Å². The minimum absolute atomic E-state index is 0.0917. The molecule has 2 heterocycles. The number of anilines is 2. The number of benzene rings is 1. The molecule has 11 heteroatoms.